The number of hydrogen-bond acceptors (Lipinski definition) is 6. The van der Waals surface area contributed by atoms with E-state index in [1.165, 1.54) is 0 Å². The highest BCUT2D eigenvalue weighted by molar-refractivity contribution is 5.69. The van der Waals surface area contributed by atoms with Gasteiger partial charge in [0.2, 0.25) is 0 Å². The average Bonchev–Trinajstić information content (AvgIpc) is 2.73. The molecule has 0 aliphatic carbocycles. The van der Waals surface area contributed by atoms with Crippen molar-refractivity contribution in [3.05, 3.63) is 35.4 Å². The summed E-state index contributed by atoms with van der Waals surface area (Å²) >= 11 is 0. The van der Waals surface area contributed by atoms with Crippen LogP contribution in [0.25, 0.3) is 0 Å². The summed E-state index contributed by atoms with van der Waals surface area (Å²) in [6.07, 6.45) is 4.34. The maximum Gasteiger partial charge on any atom is 0.306 e. The summed E-state index contributed by atoms with van der Waals surface area (Å²) in [5.74, 6) is -0.180. The van der Waals surface area contributed by atoms with Crippen molar-refractivity contribution in [3.63, 3.8) is 0 Å². The minimum atomic E-state index is -0.576. The van der Waals surface area contributed by atoms with Crippen molar-refractivity contribution in [1.82, 2.24) is 0 Å². The second kappa shape index (κ2) is 12.3. The van der Waals surface area contributed by atoms with Crippen LogP contribution < -0.4 is 0 Å². The van der Waals surface area contributed by atoms with Crippen molar-refractivity contribution >= 4 is 5.97 Å². The number of aliphatic hydroxyl groups excluding tert-OH is 1. The van der Waals surface area contributed by atoms with Gasteiger partial charge >= 0.3 is 5.97 Å². The quantitative estimate of drug-likeness (QED) is 0.528. The molecule has 0 amide bonds. The molecule has 0 spiro atoms. The van der Waals surface area contributed by atoms with Gasteiger partial charge in [-0.15, -0.1) is 0 Å². The molecular formula is C23H36O6. The van der Waals surface area contributed by atoms with Crippen molar-refractivity contribution in [2.24, 2.45) is 0 Å². The van der Waals surface area contributed by atoms with E-state index in [1.807, 2.05) is 39.0 Å². The highest BCUT2D eigenvalue weighted by Gasteiger charge is 2.23. The predicted molar refractivity (Wildman–Crippen MR) is 111 cm³/mol. The number of rotatable bonds is 12. The largest absolute Gasteiger partial charge is 0.466 e. The van der Waals surface area contributed by atoms with Gasteiger partial charge in [0.15, 0.2) is 6.29 Å². The molecule has 6 nitrogen and oxygen atoms in total. The Balaban J connectivity index is 2.03. The zero-order chi connectivity index (χ0) is 21.1. The zero-order valence-electron chi connectivity index (χ0n) is 18.0. The first kappa shape index (κ1) is 23.8. The van der Waals surface area contributed by atoms with Crippen LogP contribution in [-0.4, -0.2) is 49.4 Å². The van der Waals surface area contributed by atoms with E-state index < -0.39 is 5.60 Å². The summed E-state index contributed by atoms with van der Waals surface area (Å²) in [7, 11) is 0. The van der Waals surface area contributed by atoms with Crippen LogP contribution in [0.5, 0.6) is 0 Å². The van der Waals surface area contributed by atoms with Crippen molar-refractivity contribution in [1.29, 1.82) is 0 Å². The third kappa shape index (κ3) is 8.83. The molecule has 164 valence electrons. The second-order valence-corrected chi connectivity index (χ2v) is 8.03. The maximum atomic E-state index is 11.7. The van der Waals surface area contributed by atoms with Gasteiger partial charge in [0.1, 0.15) is 0 Å². The van der Waals surface area contributed by atoms with Gasteiger partial charge < -0.3 is 24.1 Å². The van der Waals surface area contributed by atoms with Gasteiger partial charge in [-0.05, 0) is 57.6 Å². The molecule has 1 N–H and O–H groups in total. The van der Waals surface area contributed by atoms with Gasteiger partial charge in [0.05, 0.1) is 31.5 Å². The Labute approximate surface area is 174 Å². The van der Waals surface area contributed by atoms with Crippen molar-refractivity contribution < 1.29 is 28.8 Å². The number of aryl methyl sites for hydroxylation is 1. The van der Waals surface area contributed by atoms with E-state index in [4.69, 9.17) is 18.9 Å². The van der Waals surface area contributed by atoms with Crippen LogP contribution in [0, 0.1) is 0 Å². The lowest BCUT2D eigenvalue weighted by Crippen LogP contribution is -2.30. The van der Waals surface area contributed by atoms with Gasteiger partial charge in [-0.2, -0.15) is 0 Å². The third-order valence-corrected chi connectivity index (χ3v) is 4.95. The first-order chi connectivity index (χ1) is 13.9. The molecule has 0 radical (unpaired) electrons. The molecule has 1 saturated heterocycles. The van der Waals surface area contributed by atoms with E-state index in [-0.39, 0.29) is 25.0 Å². The topological polar surface area (TPSA) is 74.2 Å². The summed E-state index contributed by atoms with van der Waals surface area (Å²) < 4.78 is 22.9. The van der Waals surface area contributed by atoms with Crippen LogP contribution in [0.3, 0.4) is 0 Å². The highest BCUT2D eigenvalue weighted by atomic mass is 16.7. The molecule has 6 heteroatoms. The lowest BCUT2D eigenvalue weighted by molar-refractivity contribution is -0.195. The van der Waals surface area contributed by atoms with Crippen LogP contribution in [0.1, 0.15) is 70.1 Å². The van der Waals surface area contributed by atoms with Crippen molar-refractivity contribution in [2.75, 3.05) is 26.4 Å². The van der Waals surface area contributed by atoms with Crippen LogP contribution in [-0.2, 0) is 30.2 Å². The standard InChI is InChI=1S/C23H36O6/c1-4-26-21(25)12-11-18-8-7-9-19(16-18)20(13-15-28-23(2,3)17-24)29-22-10-5-6-14-27-22/h7-9,16,20,22,24H,4-6,10-15,17H2,1-3H3. The molecule has 1 aliphatic heterocycles. The summed E-state index contributed by atoms with van der Waals surface area (Å²) in [6.45, 7) is 7.11. The first-order valence-electron chi connectivity index (χ1n) is 10.7. The number of esters is 1. The molecule has 1 heterocycles. The Hall–Kier alpha value is -1.47. The predicted octanol–water partition coefficient (Wildman–Crippen LogP) is 3.94. The average molecular weight is 409 g/mol. The number of carbonyl (C=O) groups is 1. The van der Waals surface area contributed by atoms with Gasteiger partial charge in [-0.1, -0.05) is 24.3 Å². The monoisotopic (exact) mass is 408 g/mol. The van der Waals surface area contributed by atoms with Gasteiger partial charge in [0, 0.05) is 19.4 Å². The van der Waals surface area contributed by atoms with E-state index in [0.29, 0.717) is 32.5 Å². The molecular weight excluding hydrogens is 372 g/mol. The van der Waals surface area contributed by atoms with Crippen molar-refractivity contribution in [3.8, 4) is 0 Å². The molecule has 2 rings (SSSR count). The Bertz CT molecular complexity index is 609. The molecule has 1 aromatic rings. The number of ether oxygens (including phenoxy) is 4. The Morgan fingerprint density at radius 2 is 2.17 bits per heavy atom. The Morgan fingerprint density at radius 3 is 2.86 bits per heavy atom. The fourth-order valence-corrected chi connectivity index (χ4v) is 3.23. The number of hydrogen-bond donors (Lipinski definition) is 1. The van der Waals surface area contributed by atoms with Crippen LogP contribution in [0.2, 0.25) is 0 Å². The van der Waals surface area contributed by atoms with Gasteiger partial charge in [-0.3, -0.25) is 4.79 Å². The molecule has 1 aromatic carbocycles. The Kier molecular flexibility index (Phi) is 10.1. The first-order valence-corrected chi connectivity index (χ1v) is 10.7. The fourth-order valence-electron chi connectivity index (χ4n) is 3.23. The normalized spacial score (nSPS) is 18.4. The highest BCUT2D eigenvalue weighted by Crippen LogP contribution is 2.28. The number of carbonyl (C=O) groups excluding carboxylic acids is 1. The molecule has 2 atom stereocenters. The summed E-state index contributed by atoms with van der Waals surface area (Å²) in [5, 5.41) is 9.40. The maximum absolute atomic E-state index is 11.7. The van der Waals surface area contributed by atoms with Crippen LogP contribution in [0.4, 0.5) is 0 Å². The van der Waals surface area contributed by atoms with E-state index in [9.17, 15) is 9.90 Å². The minimum Gasteiger partial charge on any atom is -0.466 e. The van der Waals surface area contributed by atoms with E-state index in [1.54, 1.807) is 0 Å². The number of aliphatic hydroxyl groups is 1. The molecule has 0 bridgehead atoms. The molecule has 1 fully saturated rings. The Morgan fingerprint density at radius 1 is 1.34 bits per heavy atom. The van der Waals surface area contributed by atoms with E-state index in [0.717, 1.165) is 37.0 Å². The fraction of sp³-hybridized carbons (Fsp3) is 0.696. The zero-order valence-corrected chi connectivity index (χ0v) is 18.0. The van der Waals surface area contributed by atoms with Crippen molar-refractivity contribution in [2.45, 2.75) is 77.3 Å². The van der Waals surface area contributed by atoms with E-state index >= 15 is 0 Å². The third-order valence-electron chi connectivity index (χ3n) is 4.95. The van der Waals surface area contributed by atoms with Crippen LogP contribution >= 0.6 is 0 Å². The minimum absolute atomic E-state index is 0.0341. The summed E-state index contributed by atoms with van der Waals surface area (Å²) in [5.41, 5.74) is 1.55. The molecule has 0 aromatic heterocycles. The summed E-state index contributed by atoms with van der Waals surface area (Å²) in [6, 6.07) is 8.14. The molecule has 2 unspecified atom stereocenters. The molecule has 29 heavy (non-hydrogen) atoms. The molecule has 1 aliphatic rings. The molecule has 0 saturated carbocycles. The lowest BCUT2D eigenvalue weighted by atomic mass is 10.0. The van der Waals surface area contributed by atoms with Gasteiger partial charge in [-0.25, -0.2) is 0 Å². The van der Waals surface area contributed by atoms with Gasteiger partial charge in [0.25, 0.3) is 0 Å². The number of benzene rings is 1. The summed E-state index contributed by atoms with van der Waals surface area (Å²) in [4.78, 5) is 11.7. The lowest BCUT2D eigenvalue weighted by Gasteiger charge is -2.29. The van der Waals surface area contributed by atoms with Crippen LogP contribution in [0.15, 0.2) is 24.3 Å². The second-order valence-electron chi connectivity index (χ2n) is 8.03. The van der Waals surface area contributed by atoms with E-state index in [2.05, 4.69) is 6.07 Å². The smallest absolute Gasteiger partial charge is 0.306 e. The SMILES string of the molecule is CCOC(=O)CCc1cccc(C(CCOC(C)(C)CO)OC2CCCCO2)c1.